The molecule has 27 heavy (non-hydrogen) atoms. The van der Waals surface area contributed by atoms with E-state index in [4.69, 9.17) is 4.74 Å². The average molecular weight is 389 g/mol. The van der Waals surface area contributed by atoms with Gasteiger partial charge in [0, 0.05) is 19.6 Å². The summed E-state index contributed by atoms with van der Waals surface area (Å²) in [6, 6.07) is 16.9. The fraction of sp³-hybridized carbons (Fsp3) is 0.429. The number of rotatable bonds is 7. The van der Waals surface area contributed by atoms with Crippen LogP contribution >= 0.6 is 0 Å². The van der Waals surface area contributed by atoms with E-state index in [1.807, 2.05) is 42.5 Å². The molecule has 2 atom stereocenters. The fourth-order valence-corrected chi connectivity index (χ4v) is 4.59. The molecule has 0 spiro atoms. The van der Waals surface area contributed by atoms with Crippen LogP contribution in [0.3, 0.4) is 0 Å². The highest BCUT2D eigenvalue weighted by atomic mass is 32.2. The highest BCUT2D eigenvalue weighted by Gasteiger charge is 2.21. The lowest BCUT2D eigenvalue weighted by atomic mass is 10.1. The minimum atomic E-state index is -3.48. The minimum Gasteiger partial charge on any atom is -0.373 e. The number of nitrogens with one attached hydrogen (secondary N) is 1. The van der Waals surface area contributed by atoms with Crippen LogP contribution in [0.2, 0.25) is 0 Å². The molecule has 1 saturated heterocycles. The molecule has 2 aromatic carbocycles. The van der Waals surface area contributed by atoms with Gasteiger partial charge in [0.15, 0.2) is 0 Å². The topological polar surface area (TPSA) is 58.6 Å². The first kappa shape index (κ1) is 20.0. The Morgan fingerprint density at radius 3 is 2.19 bits per heavy atom. The van der Waals surface area contributed by atoms with E-state index in [0.29, 0.717) is 11.4 Å². The van der Waals surface area contributed by atoms with Crippen LogP contribution < -0.4 is 4.72 Å². The Hall–Kier alpha value is -1.73. The number of sulfonamides is 1. The maximum Gasteiger partial charge on any atom is 0.240 e. The summed E-state index contributed by atoms with van der Waals surface area (Å²) in [7, 11) is -3.48. The van der Waals surface area contributed by atoms with Crippen molar-refractivity contribution in [1.29, 1.82) is 0 Å². The van der Waals surface area contributed by atoms with Gasteiger partial charge in [-0.3, -0.25) is 4.90 Å². The summed E-state index contributed by atoms with van der Waals surface area (Å²) in [6.45, 7) is 7.25. The molecule has 0 bridgehead atoms. The molecule has 1 aliphatic rings. The van der Waals surface area contributed by atoms with E-state index < -0.39 is 10.0 Å². The molecule has 2 unspecified atom stereocenters. The summed E-state index contributed by atoms with van der Waals surface area (Å²) < 4.78 is 33.4. The molecule has 1 heterocycles. The first-order valence-corrected chi connectivity index (χ1v) is 11.0. The van der Waals surface area contributed by atoms with Gasteiger partial charge in [0.25, 0.3) is 0 Å². The van der Waals surface area contributed by atoms with Crippen molar-refractivity contribution in [1.82, 2.24) is 9.62 Å². The van der Waals surface area contributed by atoms with Crippen LogP contribution in [0.15, 0.2) is 59.5 Å². The van der Waals surface area contributed by atoms with E-state index in [1.165, 1.54) is 0 Å². The number of ether oxygens (including phenoxy) is 1. The van der Waals surface area contributed by atoms with Crippen molar-refractivity contribution in [3.05, 3.63) is 54.6 Å². The van der Waals surface area contributed by atoms with Crippen LogP contribution in [-0.2, 0) is 14.8 Å². The molecule has 0 aliphatic carbocycles. The molecule has 6 heteroatoms. The molecule has 0 aromatic heterocycles. The second kappa shape index (κ2) is 8.97. The summed E-state index contributed by atoms with van der Waals surface area (Å²) in [5.74, 6) is 0. The number of nitrogens with zero attached hydrogens (tertiary/aromatic N) is 1. The van der Waals surface area contributed by atoms with Crippen LogP contribution in [0.5, 0.6) is 0 Å². The molecule has 146 valence electrons. The first-order valence-electron chi connectivity index (χ1n) is 9.47. The Balaban J connectivity index is 1.51. The zero-order valence-corrected chi connectivity index (χ0v) is 16.8. The normalized spacial score (nSPS) is 21.3. The van der Waals surface area contributed by atoms with Gasteiger partial charge in [0.2, 0.25) is 10.0 Å². The lowest BCUT2D eigenvalue weighted by Gasteiger charge is -2.35. The summed E-state index contributed by atoms with van der Waals surface area (Å²) in [4.78, 5) is 2.64. The van der Waals surface area contributed by atoms with Gasteiger partial charge in [-0.25, -0.2) is 13.1 Å². The van der Waals surface area contributed by atoms with Crippen molar-refractivity contribution in [3.8, 4) is 11.1 Å². The van der Waals surface area contributed by atoms with E-state index in [-0.39, 0.29) is 12.2 Å². The Kier molecular flexibility index (Phi) is 6.65. The van der Waals surface area contributed by atoms with E-state index in [0.717, 1.165) is 37.2 Å². The van der Waals surface area contributed by atoms with E-state index in [2.05, 4.69) is 23.5 Å². The Morgan fingerprint density at radius 1 is 0.963 bits per heavy atom. The van der Waals surface area contributed by atoms with E-state index >= 15 is 0 Å². The summed E-state index contributed by atoms with van der Waals surface area (Å²) >= 11 is 0. The van der Waals surface area contributed by atoms with Crippen molar-refractivity contribution < 1.29 is 13.2 Å². The molecule has 2 aromatic rings. The summed E-state index contributed by atoms with van der Waals surface area (Å²) in [5.41, 5.74) is 2.08. The van der Waals surface area contributed by atoms with Crippen molar-refractivity contribution in [3.63, 3.8) is 0 Å². The highest BCUT2D eigenvalue weighted by molar-refractivity contribution is 7.89. The minimum absolute atomic E-state index is 0.230. The summed E-state index contributed by atoms with van der Waals surface area (Å²) in [5, 5.41) is 0. The maximum atomic E-state index is 12.5. The molecular weight excluding hydrogens is 360 g/mol. The monoisotopic (exact) mass is 388 g/mol. The predicted octanol–water partition coefficient (Wildman–Crippen LogP) is 3.13. The zero-order chi connectivity index (χ0) is 19.3. The van der Waals surface area contributed by atoms with Gasteiger partial charge in [-0.15, -0.1) is 0 Å². The molecule has 1 fully saturated rings. The van der Waals surface area contributed by atoms with Crippen LogP contribution in [0.25, 0.3) is 11.1 Å². The van der Waals surface area contributed by atoms with Gasteiger partial charge in [0.1, 0.15) is 0 Å². The largest absolute Gasteiger partial charge is 0.373 e. The standard InChI is InChI=1S/C21H28N2O3S/c1-17-15-23(16-18(2)26-17)14-6-13-22-27(24,25)21-11-9-20(10-12-21)19-7-4-3-5-8-19/h3-5,7-12,17-18,22H,6,13-16H2,1-2H3. The van der Waals surface area contributed by atoms with E-state index in [1.54, 1.807) is 12.1 Å². The zero-order valence-electron chi connectivity index (χ0n) is 16.0. The molecule has 0 radical (unpaired) electrons. The number of benzene rings is 2. The first-order chi connectivity index (χ1) is 12.9. The lowest BCUT2D eigenvalue weighted by molar-refractivity contribution is -0.0679. The second-order valence-corrected chi connectivity index (χ2v) is 8.93. The lowest BCUT2D eigenvalue weighted by Crippen LogP contribution is -2.46. The number of morpholine rings is 1. The fourth-order valence-electron chi connectivity index (χ4n) is 3.52. The van der Waals surface area contributed by atoms with Gasteiger partial charge in [0.05, 0.1) is 17.1 Å². The second-order valence-electron chi connectivity index (χ2n) is 7.16. The molecule has 0 amide bonds. The van der Waals surface area contributed by atoms with Crippen LogP contribution in [0.1, 0.15) is 20.3 Å². The third-order valence-corrected chi connectivity index (χ3v) is 6.19. The van der Waals surface area contributed by atoms with Gasteiger partial charge in [-0.2, -0.15) is 0 Å². The quantitative estimate of drug-likeness (QED) is 0.741. The van der Waals surface area contributed by atoms with Gasteiger partial charge >= 0.3 is 0 Å². The molecule has 3 rings (SSSR count). The maximum absolute atomic E-state index is 12.5. The van der Waals surface area contributed by atoms with Crippen molar-refractivity contribution in [2.45, 2.75) is 37.4 Å². The molecule has 1 N–H and O–H groups in total. The predicted molar refractivity (Wildman–Crippen MR) is 108 cm³/mol. The van der Waals surface area contributed by atoms with E-state index in [9.17, 15) is 8.42 Å². The Morgan fingerprint density at radius 2 is 1.56 bits per heavy atom. The Labute approximate surface area is 162 Å². The molecular formula is C21H28N2O3S. The van der Waals surface area contributed by atoms with Gasteiger partial charge in [-0.1, -0.05) is 42.5 Å². The molecule has 1 aliphatic heterocycles. The smallest absolute Gasteiger partial charge is 0.240 e. The van der Waals surface area contributed by atoms with Gasteiger partial charge < -0.3 is 4.74 Å². The number of hydrogen-bond donors (Lipinski definition) is 1. The van der Waals surface area contributed by atoms with Crippen molar-refractivity contribution in [2.24, 2.45) is 0 Å². The highest BCUT2D eigenvalue weighted by Crippen LogP contribution is 2.21. The third-order valence-electron chi connectivity index (χ3n) is 4.71. The van der Waals surface area contributed by atoms with Crippen LogP contribution in [-0.4, -0.2) is 51.7 Å². The molecule has 5 nitrogen and oxygen atoms in total. The van der Waals surface area contributed by atoms with Crippen molar-refractivity contribution >= 4 is 10.0 Å². The van der Waals surface area contributed by atoms with Gasteiger partial charge in [-0.05, 0) is 50.1 Å². The van der Waals surface area contributed by atoms with Crippen LogP contribution in [0.4, 0.5) is 0 Å². The summed E-state index contributed by atoms with van der Waals surface area (Å²) in [6.07, 6.45) is 1.24. The SMILES string of the molecule is CC1CN(CCCNS(=O)(=O)c2ccc(-c3ccccc3)cc2)CC(C)O1. The molecule has 0 saturated carbocycles. The number of hydrogen-bond acceptors (Lipinski definition) is 4. The Bertz CT molecular complexity index is 812. The van der Waals surface area contributed by atoms with Crippen LogP contribution in [0, 0.1) is 0 Å². The van der Waals surface area contributed by atoms with Crippen molar-refractivity contribution in [2.75, 3.05) is 26.2 Å². The third kappa shape index (κ3) is 5.62. The average Bonchev–Trinajstić information content (AvgIpc) is 2.65.